The molecule has 0 aliphatic carbocycles. The van der Waals surface area contributed by atoms with Crippen LogP contribution in [0.5, 0.6) is 0 Å². The Balaban J connectivity index is 0.00000127. The van der Waals surface area contributed by atoms with Crippen molar-refractivity contribution >= 4 is 22.5 Å². The van der Waals surface area contributed by atoms with Gasteiger partial charge in [-0.15, -0.1) is 0 Å². The lowest BCUT2D eigenvalue weighted by Crippen LogP contribution is -2.26. The third kappa shape index (κ3) is 6.10. The molecule has 1 aromatic carbocycles. The summed E-state index contributed by atoms with van der Waals surface area (Å²) in [5.74, 6) is 0.531. The van der Waals surface area contributed by atoms with E-state index in [4.69, 9.17) is 11.6 Å². The van der Waals surface area contributed by atoms with E-state index >= 15 is 0 Å². The van der Waals surface area contributed by atoms with Crippen LogP contribution >= 0.6 is 11.6 Å². The van der Waals surface area contributed by atoms with Crippen LogP contribution in [0.1, 0.15) is 31.5 Å². The number of hydrogen-bond donors (Lipinski definition) is 3. The highest BCUT2D eigenvalue weighted by molar-refractivity contribution is 6.32. The molecule has 0 spiro atoms. The second-order valence-corrected chi connectivity index (χ2v) is 5.33. The highest BCUT2D eigenvalue weighted by Crippen LogP contribution is 2.23. The average Bonchev–Trinajstić information content (AvgIpc) is 2.89. The van der Waals surface area contributed by atoms with Crippen molar-refractivity contribution in [2.75, 3.05) is 6.54 Å². The van der Waals surface area contributed by atoms with Gasteiger partial charge in [0.25, 0.3) is 0 Å². The fourth-order valence-corrected chi connectivity index (χ4v) is 2.19. The van der Waals surface area contributed by atoms with Crippen molar-refractivity contribution in [1.82, 2.24) is 15.6 Å². The predicted molar refractivity (Wildman–Crippen MR) is 94.0 cm³/mol. The molecule has 0 aliphatic rings. The zero-order valence-corrected chi connectivity index (χ0v) is 14.5. The van der Waals surface area contributed by atoms with Gasteiger partial charge in [0.1, 0.15) is 0 Å². The van der Waals surface area contributed by atoms with Gasteiger partial charge in [0.2, 0.25) is 6.43 Å². The SMILES string of the molecule is C=C(NCCC(F)F)NCc1cc2cc(Cl)c(C)cc2[nH]1.CC. The second kappa shape index (κ2) is 9.40. The lowest BCUT2D eigenvalue weighted by Gasteiger charge is -2.11. The van der Waals surface area contributed by atoms with Gasteiger partial charge in [-0.3, -0.25) is 0 Å². The fraction of sp³-hybridized carbons (Fsp3) is 0.412. The fourth-order valence-electron chi connectivity index (χ4n) is 2.01. The van der Waals surface area contributed by atoms with Crippen LogP contribution in [0, 0.1) is 6.92 Å². The second-order valence-electron chi connectivity index (χ2n) is 4.92. The number of rotatable bonds is 7. The Morgan fingerprint density at radius 3 is 2.61 bits per heavy atom. The van der Waals surface area contributed by atoms with Gasteiger partial charge in [0.15, 0.2) is 0 Å². The minimum Gasteiger partial charge on any atom is -0.372 e. The molecule has 0 aliphatic heterocycles. The molecule has 1 heterocycles. The molecule has 0 atom stereocenters. The van der Waals surface area contributed by atoms with Gasteiger partial charge >= 0.3 is 0 Å². The summed E-state index contributed by atoms with van der Waals surface area (Å²) in [5.41, 5.74) is 3.01. The van der Waals surface area contributed by atoms with Crippen molar-refractivity contribution in [3.05, 3.63) is 46.9 Å². The minimum absolute atomic E-state index is 0.190. The van der Waals surface area contributed by atoms with Crippen molar-refractivity contribution in [2.24, 2.45) is 0 Å². The smallest absolute Gasteiger partial charge is 0.240 e. The minimum atomic E-state index is -2.30. The van der Waals surface area contributed by atoms with Crippen molar-refractivity contribution in [2.45, 2.75) is 40.2 Å². The van der Waals surface area contributed by atoms with E-state index in [9.17, 15) is 8.78 Å². The van der Waals surface area contributed by atoms with Gasteiger partial charge in [-0.05, 0) is 30.7 Å². The maximum Gasteiger partial charge on any atom is 0.240 e. The molecule has 0 saturated heterocycles. The molecule has 0 radical (unpaired) electrons. The van der Waals surface area contributed by atoms with E-state index in [-0.39, 0.29) is 13.0 Å². The van der Waals surface area contributed by atoms with E-state index in [2.05, 4.69) is 22.2 Å². The molecule has 0 saturated carbocycles. The van der Waals surface area contributed by atoms with Gasteiger partial charge in [0, 0.05) is 34.6 Å². The highest BCUT2D eigenvalue weighted by Gasteiger charge is 2.05. The molecule has 6 heteroatoms. The van der Waals surface area contributed by atoms with Crippen LogP contribution < -0.4 is 10.6 Å². The third-order valence-corrected chi connectivity index (χ3v) is 3.56. The number of nitrogens with one attached hydrogen (secondary N) is 3. The Bertz CT molecular complexity index is 599. The van der Waals surface area contributed by atoms with Gasteiger partial charge in [-0.25, -0.2) is 8.78 Å². The van der Waals surface area contributed by atoms with E-state index < -0.39 is 6.43 Å². The summed E-state index contributed by atoms with van der Waals surface area (Å²) in [6, 6.07) is 5.92. The highest BCUT2D eigenvalue weighted by atomic mass is 35.5. The molecule has 0 amide bonds. The Hall–Kier alpha value is -1.75. The van der Waals surface area contributed by atoms with Crippen LogP contribution in [0.2, 0.25) is 5.02 Å². The number of benzene rings is 1. The normalized spacial score (nSPS) is 10.4. The largest absolute Gasteiger partial charge is 0.372 e. The molecule has 1 aromatic heterocycles. The molecule has 0 unspecified atom stereocenters. The Labute approximate surface area is 141 Å². The molecule has 23 heavy (non-hydrogen) atoms. The summed E-state index contributed by atoms with van der Waals surface area (Å²) in [6.45, 7) is 10.4. The molecule has 0 bridgehead atoms. The van der Waals surface area contributed by atoms with Crippen LogP contribution in [0.25, 0.3) is 10.9 Å². The summed E-state index contributed by atoms with van der Waals surface area (Å²) in [5, 5.41) is 7.64. The molecule has 0 fully saturated rings. The summed E-state index contributed by atoms with van der Waals surface area (Å²) in [6.07, 6.45) is -2.49. The van der Waals surface area contributed by atoms with E-state index in [1.165, 1.54) is 0 Å². The summed E-state index contributed by atoms with van der Waals surface area (Å²) in [7, 11) is 0. The number of halogens is 3. The molecule has 2 rings (SSSR count). The monoisotopic (exact) mass is 343 g/mol. The summed E-state index contributed by atoms with van der Waals surface area (Å²) >= 11 is 6.09. The quantitative estimate of drug-likeness (QED) is 0.664. The topological polar surface area (TPSA) is 39.8 Å². The number of aromatic amines is 1. The van der Waals surface area contributed by atoms with Crippen LogP contribution in [0.4, 0.5) is 8.78 Å². The van der Waals surface area contributed by atoms with Crippen LogP contribution in [0.3, 0.4) is 0 Å². The first-order valence-electron chi connectivity index (χ1n) is 7.68. The number of H-pyrrole nitrogens is 1. The van der Waals surface area contributed by atoms with E-state index in [0.717, 1.165) is 27.2 Å². The number of aryl methyl sites for hydroxylation is 1. The molecule has 3 nitrogen and oxygen atoms in total. The molecule has 2 aromatic rings. The van der Waals surface area contributed by atoms with Crippen molar-refractivity contribution < 1.29 is 8.78 Å². The first-order valence-corrected chi connectivity index (χ1v) is 8.06. The molecular formula is C17H24ClF2N3. The maximum atomic E-state index is 12.0. The zero-order chi connectivity index (χ0) is 17.4. The first-order chi connectivity index (χ1) is 11.0. The maximum absolute atomic E-state index is 12.0. The van der Waals surface area contributed by atoms with Crippen molar-refractivity contribution in [3.8, 4) is 0 Å². The number of fused-ring (bicyclic) bond motifs is 1. The van der Waals surface area contributed by atoms with Crippen LogP contribution in [-0.4, -0.2) is 18.0 Å². The average molecular weight is 344 g/mol. The van der Waals surface area contributed by atoms with E-state index in [1.807, 2.05) is 39.0 Å². The van der Waals surface area contributed by atoms with Crippen LogP contribution in [0.15, 0.2) is 30.6 Å². The lowest BCUT2D eigenvalue weighted by atomic mass is 10.2. The molecule has 128 valence electrons. The van der Waals surface area contributed by atoms with Crippen molar-refractivity contribution in [3.63, 3.8) is 0 Å². The number of alkyl halides is 2. The molecule has 3 N–H and O–H groups in total. The van der Waals surface area contributed by atoms with E-state index in [0.29, 0.717) is 12.4 Å². The van der Waals surface area contributed by atoms with Gasteiger partial charge in [-0.1, -0.05) is 32.0 Å². The first kappa shape index (κ1) is 19.3. The van der Waals surface area contributed by atoms with E-state index in [1.54, 1.807) is 0 Å². The number of hydrogen-bond acceptors (Lipinski definition) is 2. The standard InChI is InChI=1S/C15H18ClF2N3.C2H6/c1-9-5-14-11(7-13(9)16)6-12(21-14)8-20-10(2)19-4-3-15(17)18;1-2/h5-7,15,19-21H,2-4,8H2,1H3;1-2H3. The Morgan fingerprint density at radius 2 is 1.96 bits per heavy atom. The van der Waals surface area contributed by atoms with Crippen molar-refractivity contribution in [1.29, 1.82) is 0 Å². The van der Waals surface area contributed by atoms with Gasteiger partial charge in [0.05, 0.1) is 12.4 Å². The number of aromatic nitrogens is 1. The third-order valence-electron chi connectivity index (χ3n) is 3.15. The Morgan fingerprint density at radius 1 is 1.26 bits per heavy atom. The summed E-state index contributed by atoms with van der Waals surface area (Å²) < 4.78 is 24.0. The van der Waals surface area contributed by atoms with Crippen LogP contribution in [-0.2, 0) is 6.54 Å². The van der Waals surface area contributed by atoms with Gasteiger partial charge in [-0.2, -0.15) is 0 Å². The Kier molecular flexibility index (Phi) is 7.89. The van der Waals surface area contributed by atoms with Gasteiger partial charge < -0.3 is 15.6 Å². The predicted octanol–water partition coefficient (Wildman–Crippen LogP) is 4.96. The lowest BCUT2D eigenvalue weighted by molar-refractivity contribution is 0.138. The molecular weight excluding hydrogens is 320 g/mol. The summed E-state index contributed by atoms with van der Waals surface area (Å²) in [4.78, 5) is 3.28. The zero-order valence-electron chi connectivity index (χ0n) is 13.8.